The lowest BCUT2D eigenvalue weighted by molar-refractivity contribution is -0.114. The van der Waals surface area contributed by atoms with E-state index in [1.165, 1.54) is 35.9 Å². The third kappa shape index (κ3) is 5.51. The summed E-state index contributed by atoms with van der Waals surface area (Å²) in [6, 6.07) is 12.8. The van der Waals surface area contributed by atoms with Gasteiger partial charge in [0.2, 0.25) is 15.9 Å². The first-order valence-corrected chi connectivity index (χ1v) is 14.4. The van der Waals surface area contributed by atoms with Crippen molar-refractivity contribution in [2.45, 2.75) is 36.1 Å². The number of rotatable bonds is 8. The molecule has 14 nitrogen and oxygen atoms in total. The summed E-state index contributed by atoms with van der Waals surface area (Å²) in [4.78, 5) is 13.5. The maximum absolute atomic E-state index is 13.0. The number of aromatic nitrogens is 4. The first kappa shape index (κ1) is 26.6. The molecule has 3 aliphatic heterocycles. The molecule has 0 unspecified atom stereocenters. The molecule has 2 aromatic carbocycles. The molecule has 212 valence electrons. The van der Waals surface area contributed by atoms with E-state index in [0.717, 1.165) is 18.8 Å². The molecule has 3 aromatic rings. The molecule has 4 atom stereocenters. The van der Waals surface area contributed by atoms with Gasteiger partial charge in [0.15, 0.2) is 0 Å². The van der Waals surface area contributed by atoms with Crippen LogP contribution in [0.1, 0.15) is 13.0 Å². The maximum atomic E-state index is 13.0. The second kappa shape index (κ2) is 11.1. The Morgan fingerprint density at radius 1 is 1.05 bits per heavy atom. The highest BCUT2D eigenvalue weighted by Gasteiger charge is 2.50. The van der Waals surface area contributed by atoms with Crippen molar-refractivity contribution in [3.8, 4) is 11.8 Å². The van der Waals surface area contributed by atoms with Gasteiger partial charge in [0.1, 0.15) is 24.0 Å². The zero-order valence-electron chi connectivity index (χ0n) is 21.7. The van der Waals surface area contributed by atoms with Gasteiger partial charge in [0.25, 0.3) is 0 Å². The fourth-order valence-electron chi connectivity index (χ4n) is 5.11. The van der Waals surface area contributed by atoms with E-state index in [9.17, 15) is 13.2 Å². The standard InChI is InChI=1S/C25H29N7O7S/c1-16(33)26-17-5-7-20(8-6-17)40(34,35)28-21-14-37-24-22(15-38-23(21)24)32-25(27-29-30-32)39-19-4-2-3-18(13-19)31-9-11-36-12-10-31/h2-8,13,21-24,28H,9-12,14-15H2,1H3,(H,26,33)/t21-,22-,23+,24+/m0/s1. The van der Waals surface area contributed by atoms with Crippen molar-refractivity contribution >= 4 is 27.3 Å². The number of nitrogens with zero attached hydrogens (tertiary/aromatic N) is 5. The summed E-state index contributed by atoms with van der Waals surface area (Å²) in [7, 11) is -3.87. The van der Waals surface area contributed by atoms with Crippen molar-refractivity contribution in [1.82, 2.24) is 24.9 Å². The van der Waals surface area contributed by atoms with E-state index in [2.05, 4.69) is 30.5 Å². The Kier molecular flexibility index (Phi) is 7.37. The largest absolute Gasteiger partial charge is 0.423 e. The van der Waals surface area contributed by atoms with Gasteiger partial charge in [0.05, 0.1) is 37.4 Å². The van der Waals surface area contributed by atoms with E-state index in [4.69, 9.17) is 18.9 Å². The van der Waals surface area contributed by atoms with E-state index in [1.807, 2.05) is 24.3 Å². The lowest BCUT2D eigenvalue weighted by Gasteiger charge is -2.29. The Morgan fingerprint density at radius 2 is 1.82 bits per heavy atom. The van der Waals surface area contributed by atoms with Crippen LogP contribution in [0.2, 0.25) is 0 Å². The molecule has 1 aromatic heterocycles. The minimum atomic E-state index is -3.87. The first-order valence-electron chi connectivity index (χ1n) is 12.9. The van der Waals surface area contributed by atoms with Crippen molar-refractivity contribution in [1.29, 1.82) is 0 Å². The zero-order chi connectivity index (χ0) is 27.7. The number of fused-ring (bicyclic) bond motifs is 1. The average Bonchev–Trinajstić information content (AvgIpc) is 3.67. The molecule has 0 aliphatic carbocycles. The summed E-state index contributed by atoms with van der Waals surface area (Å²) in [5.41, 5.74) is 1.52. The van der Waals surface area contributed by atoms with Gasteiger partial charge in [-0.1, -0.05) is 11.2 Å². The summed E-state index contributed by atoms with van der Waals surface area (Å²) < 4.78 is 53.8. The summed E-state index contributed by atoms with van der Waals surface area (Å²) in [6.45, 7) is 4.67. The number of ether oxygens (including phenoxy) is 4. The summed E-state index contributed by atoms with van der Waals surface area (Å²) in [5.74, 6) is 0.339. The van der Waals surface area contributed by atoms with Crippen LogP contribution >= 0.6 is 0 Å². The van der Waals surface area contributed by atoms with Crippen LogP contribution in [-0.2, 0) is 29.0 Å². The fraction of sp³-hybridized carbons (Fsp3) is 0.440. The normalized spacial score (nSPS) is 24.6. The van der Waals surface area contributed by atoms with Gasteiger partial charge in [-0.2, -0.15) is 4.68 Å². The van der Waals surface area contributed by atoms with Crippen molar-refractivity contribution in [2.75, 3.05) is 49.7 Å². The smallest absolute Gasteiger partial charge is 0.341 e. The van der Waals surface area contributed by atoms with E-state index < -0.39 is 34.3 Å². The Morgan fingerprint density at radius 3 is 2.60 bits per heavy atom. The molecule has 2 N–H and O–H groups in total. The quantitative estimate of drug-likeness (QED) is 0.396. The Labute approximate surface area is 230 Å². The van der Waals surface area contributed by atoms with Crippen LogP contribution in [-0.4, -0.2) is 92.3 Å². The minimum Gasteiger partial charge on any atom is -0.423 e. The van der Waals surface area contributed by atoms with Crippen LogP contribution in [0.5, 0.6) is 11.8 Å². The van der Waals surface area contributed by atoms with Gasteiger partial charge in [0, 0.05) is 37.5 Å². The number of hydrogen-bond donors (Lipinski definition) is 2. The first-order chi connectivity index (χ1) is 19.4. The number of anilines is 2. The SMILES string of the molecule is CC(=O)Nc1ccc(S(=O)(=O)N[C@H]2CO[C@H]3[C@@H]2OC[C@@H]3n2nnnc2Oc2cccc(N3CCOCC3)c2)cc1. The number of benzene rings is 2. The van der Waals surface area contributed by atoms with E-state index in [0.29, 0.717) is 24.7 Å². The third-order valence-corrected chi connectivity index (χ3v) is 8.50. The van der Waals surface area contributed by atoms with Crippen LogP contribution in [0.15, 0.2) is 53.4 Å². The van der Waals surface area contributed by atoms with Gasteiger partial charge in [-0.3, -0.25) is 4.79 Å². The lowest BCUT2D eigenvalue weighted by atomic mass is 10.1. The number of sulfonamides is 1. The molecule has 1 amide bonds. The van der Waals surface area contributed by atoms with Crippen molar-refractivity contribution in [3.63, 3.8) is 0 Å². The van der Waals surface area contributed by atoms with Crippen molar-refractivity contribution in [3.05, 3.63) is 48.5 Å². The topological polar surface area (TPSA) is 159 Å². The third-order valence-electron chi connectivity index (χ3n) is 7.00. The summed E-state index contributed by atoms with van der Waals surface area (Å²) in [5, 5.41) is 14.6. The predicted molar refractivity (Wildman–Crippen MR) is 141 cm³/mol. The molecule has 0 spiro atoms. The average molecular weight is 572 g/mol. The van der Waals surface area contributed by atoms with Crippen LogP contribution in [0, 0.1) is 0 Å². The maximum Gasteiger partial charge on any atom is 0.341 e. The number of amides is 1. The van der Waals surface area contributed by atoms with E-state index in [-0.39, 0.29) is 30.0 Å². The Bertz CT molecular complexity index is 1460. The van der Waals surface area contributed by atoms with Crippen LogP contribution < -0.4 is 19.7 Å². The monoisotopic (exact) mass is 571 g/mol. The number of morpholine rings is 1. The van der Waals surface area contributed by atoms with Gasteiger partial charge >= 0.3 is 6.01 Å². The number of carbonyl (C=O) groups is 1. The van der Waals surface area contributed by atoms with Crippen LogP contribution in [0.25, 0.3) is 0 Å². The number of nitrogens with one attached hydrogen (secondary N) is 2. The van der Waals surface area contributed by atoms with E-state index in [1.54, 1.807) is 0 Å². The predicted octanol–water partition coefficient (Wildman–Crippen LogP) is 0.946. The van der Waals surface area contributed by atoms with Gasteiger partial charge in [-0.15, -0.1) is 0 Å². The molecule has 3 fully saturated rings. The van der Waals surface area contributed by atoms with Crippen molar-refractivity contribution in [2.24, 2.45) is 0 Å². The summed E-state index contributed by atoms with van der Waals surface area (Å²) >= 11 is 0. The molecule has 6 rings (SSSR count). The molecular formula is C25H29N7O7S. The molecule has 15 heteroatoms. The molecule has 3 saturated heterocycles. The highest BCUT2D eigenvalue weighted by atomic mass is 32.2. The Hall–Kier alpha value is -3.63. The molecule has 0 saturated carbocycles. The highest BCUT2D eigenvalue weighted by Crippen LogP contribution is 2.37. The van der Waals surface area contributed by atoms with Crippen LogP contribution in [0.4, 0.5) is 11.4 Å². The van der Waals surface area contributed by atoms with Gasteiger partial charge in [-0.25, -0.2) is 13.1 Å². The fourth-order valence-corrected chi connectivity index (χ4v) is 6.34. The molecule has 40 heavy (non-hydrogen) atoms. The highest BCUT2D eigenvalue weighted by molar-refractivity contribution is 7.89. The number of tetrazole rings is 1. The van der Waals surface area contributed by atoms with Gasteiger partial charge in [-0.05, 0) is 46.8 Å². The lowest BCUT2D eigenvalue weighted by Crippen LogP contribution is -2.44. The van der Waals surface area contributed by atoms with Gasteiger partial charge < -0.3 is 29.2 Å². The zero-order valence-corrected chi connectivity index (χ0v) is 22.5. The molecule has 0 radical (unpaired) electrons. The number of carbonyl (C=O) groups excluding carboxylic acids is 1. The molecule has 0 bridgehead atoms. The molecule has 3 aliphatic rings. The molecular weight excluding hydrogens is 542 g/mol. The van der Waals surface area contributed by atoms with Crippen molar-refractivity contribution < 1.29 is 32.2 Å². The minimum absolute atomic E-state index is 0.0649. The summed E-state index contributed by atoms with van der Waals surface area (Å²) in [6.07, 6.45) is -1.03. The van der Waals surface area contributed by atoms with E-state index >= 15 is 0 Å². The second-order valence-electron chi connectivity index (χ2n) is 9.70. The van der Waals surface area contributed by atoms with Crippen LogP contribution in [0.3, 0.4) is 0 Å². The second-order valence-corrected chi connectivity index (χ2v) is 11.4. The number of hydrogen-bond acceptors (Lipinski definition) is 11. The Balaban J connectivity index is 1.12. The molecule has 4 heterocycles.